The van der Waals surface area contributed by atoms with Gasteiger partial charge in [-0.25, -0.2) is 4.79 Å². The van der Waals surface area contributed by atoms with Gasteiger partial charge in [0.2, 0.25) is 0 Å². The number of ether oxygens (including phenoxy) is 1. The maximum atomic E-state index is 12.2. The summed E-state index contributed by atoms with van der Waals surface area (Å²) in [6.07, 6.45) is 0. The van der Waals surface area contributed by atoms with E-state index in [4.69, 9.17) is 5.11 Å². The van der Waals surface area contributed by atoms with Crippen LogP contribution >= 0.6 is 11.3 Å². The maximum Gasteiger partial charge on any atom is 0.326 e. The van der Waals surface area contributed by atoms with Gasteiger partial charge in [0.05, 0.1) is 5.69 Å². The average molecular weight is 299 g/mol. The number of carbonyl (C=O) groups excluding carboxylic acids is 2. The lowest BCUT2D eigenvalue weighted by atomic mass is 10.2. The van der Waals surface area contributed by atoms with Crippen molar-refractivity contribution in [3.63, 3.8) is 0 Å². The van der Waals surface area contributed by atoms with Gasteiger partial charge in [0, 0.05) is 11.8 Å². The molecule has 0 unspecified atom stereocenters. The quantitative estimate of drug-likeness (QED) is 0.837. The van der Waals surface area contributed by atoms with Crippen LogP contribution in [0.2, 0.25) is 0 Å². The molecule has 0 aliphatic rings. The van der Waals surface area contributed by atoms with Crippen LogP contribution in [-0.2, 0) is 19.1 Å². The molecular weight excluding hydrogens is 282 g/mol. The zero-order valence-electron chi connectivity index (χ0n) is 11.8. The van der Waals surface area contributed by atoms with Gasteiger partial charge < -0.3 is 9.84 Å². The van der Waals surface area contributed by atoms with Crippen molar-refractivity contribution in [2.24, 2.45) is 0 Å². The van der Waals surface area contributed by atoms with Gasteiger partial charge in [0.15, 0.2) is 6.61 Å². The highest BCUT2D eigenvalue weighted by atomic mass is 32.1. The molecule has 0 spiro atoms. The summed E-state index contributed by atoms with van der Waals surface area (Å²) in [5, 5.41) is 11.0. The highest BCUT2D eigenvalue weighted by Crippen LogP contribution is 2.32. The number of aryl methyl sites for hydroxylation is 2. The predicted molar refractivity (Wildman–Crippen MR) is 75.0 cm³/mol. The highest BCUT2D eigenvalue weighted by Gasteiger charge is 2.30. The number of hydrogen-bond acceptors (Lipinski definition) is 5. The van der Waals surface area contributed by atoms with Gasteiger partial charge in [0.25, 0.3) is 5.91 Å². The number of esters is 1. The average Bonchev–Trinajstić information content (AvgIpc) is 2.68. The number of hydrogen-bond donors (Lipinski definition) is 1. The Morgan fingerprint density at radius 1 is 1.40 bits per heavy atom. The van der Waals surface area contributed by atoms with Crippen molar-refractivity contribution in [2.75, 3.05) is 11.5 Å². The topological polar surface area (TPSA) is 83.9 Å². The van der Waals surface area contributed by atoms with E-state index < -0.39 is 30.5 Å². The van der Waals surface area contributed by atoms with E-state index in [1.54, 1.807) is 6.92 Å². The summed E-state index contributed by atoms with van der Waals surface area (Å²) in [5.41, 5.74) is 1.39. The van der Waals surface area contributed by atoms with E-state index >= 15 is 0 Å². The third kappa shape index (κ3) is 3.57. The van der Waals surface area contributed by atoms with Crippen molar-refractivity contribution < 1.29 is 24.2 Å². The first-order valence-electron chi connectivity index (χ1n) is 5.98. The second-order valence-electron chi connectivity index (χ2n) is 4.38. The molecule has 0 bridgehead atoms. The molecule has 1 aromatic rings. The normalized spacial score (nSPS) is 11.8. The van der Waals surface area contributed by atoms with Gasteiger partial charge in [-0.15, -0.1) is 11.3 Å². The molecule has 7 heteroatoms. The van der Waals surface area contributed by atoms with Crippen LogP contribution in [0, 0.1) is 13.8 Å². The van der Waals surface area contributed by atoms with Gasteiger partial charge in [-0.2, -0.15) is 0 Å². The minimum absolute atomic E-state index is 0.471. The van der Waals surface area contributed by atoms with Gasteiger partial charge in [-0.3, -0.25) is 14.5 Å². The number of amides is 1. The minimum atomic E-state index is -1.12. The van der Waals surface area contributed by atoms with Crippen LogP contribution in [0.25, 0.3) is 0 Å². The number of thiophene rings is 1. The lowest BCUT2D eigenvalue weighted by Gasteiger charge is -2.27. The van der Waals surface area contributed by atoms with E-state index in [1.807, 2.05) is 12.3 Å². The molecule has 1 aromatic heterocycles. The monoisotopic (exact) mass is 299 g/mol. The SMILES string of the molecule is CC(=O)OCC(=O)N(c1c(C)csc1C)[C@@H](C)C(=O)O. The lowest BCUT2D eigenvalue weighted by molar-refractivity contribution is -0.146. The van der Waals surface area contributed by atoms with Crippen LogP contribution < -0.4 is 4.90 Å². The molecule has 0 fully saturated rings. The van der Waals surface area contributed by atoms with Gasteiger partial charge in [0.1, 0.15) is 6.04 Å². The second kappa shape index (κ2) is 6.51. The van der Waals surface area contributed by atoms with E-state index in [1.165, 1.54) is 30.1 Å². The number of nitrogens with zero attached hydrogens (tertiary/aromatic N) is 1. The Balaban J connectivity index is 3.12. The molecule has 0 aliphatic carbocycles. The second-order valence-corrected chi connectivity index (χ2v) is 5.47. The summed E-state index contributed by atoms with van der Waals surface area (Å²) in [5.74, 6) is -2.26. The molecule has 0 radical (unpaired) electrons. The van der Waals surface area contributed by atoms with Crippen LogP contribution in [0.5, 0.6) is 0 Å². The van der Waals surface area contributed by atoms with Crippen molar-refractivity contribution in [2.45, 2.75) is 33.7 Å². The summed E-state index contributed by atoms with van der Waals surface area (Å²) >= 11 is 1.44. The van der Waals surface area contributed by atoms with Gasteiger partial charge >= 0.3 is 11.9 Å². The Morgan fingerprint density at radius 2 is 2.00 bits per heavy atom. The lowest BCUT2D eigenvalue weighted by Crippen LogP contribution is -2.45. The Labute approximate surface area is 121 Å². The smallest absolute Gasteiger partial charge is 0.326 e. The van der Waals surface area contributed by atoms with Crippen molar-refractivity contribution >= 4 is 34.9 Å². The molecule has 1 rings (SSSR count). The molecule has 6 nitrogen and oxygen atoms in total. The molecule has 1 N–H and O–H groups in total. The molecular formula is C13H17NO5S. The standard InChI is InChI=1S/C13H17NO5S/c1-7-6-20-9(3)12(7)14(8(2)13(17)18)11(16)5-19-10(4)15/h6,8H,5H2,1-4H3,(H,17,18)/t8-/m0/s1. The molecule has 0 aromatic carbocycles. The van der Waals surface area contributed by atoms with Crippen molar-refractivity contribution in [1.82, 2.24) is 0 Å². The number of carbonyl (C=O) groups is 3. The van der Waals surface area contributed by atoms with Gasteiger partial charge in [-0.05, 0) is 31.7 Å². The van der Waals surface area contributed by atoms with Crippen LogP contribution in [0.15, 0.2) is 5.38 Å². The number of aliphatic carboxylic acids is 1. The van der Waals surface area contributed by atoms with Crippen LogP contribution in [0.4, 0.5) is 5.69 Å². The van der Waals surface area contributed by atoms with Crippen LogP contribution in [0.3, 0.4) is 0 Å². The molecule has 1 atom stereocenters. The number of carboxylic acid groups (broad SMARTS) is 1. The molecule has 20 heavy (non-hydrogen) atoms. The third-order valence-corrected chi connectivity index (χ3v) is 3.79. The fourth-order valence-electron chi connectivity index (χ4n) is 1.80. The fraction of sp³-hybridized carbons (Fsp3) is 0.462. The summed E-state index contributed by atoms with van der Waals surface area (Å²) in [4.78, 5) is 36.2. The Hall–Kier alpha value is -1.89. The molecule has 0 saturated heterocycles. The van der Waals surface area contributed by atoms with E-state index in [9.17, 15) is 14.4 Å². The van der Waals surface area contributed by atoms with E-state index in [0.717, 1.165) is 10.4 Å². The summed E-state index contributed by atoms with van der Waals surface area (Å²) in [6.45, 7) is 5.76. The summed E-state index contributed by atoms with van der Waals surface area (Å²) in [6, 6.07) is -1.04. The molecule has 1 amide bonds. The third-order valence-electron chi connectivity index (χ3n) is 2.77. The fourth-order valence-corrected chi connectivity index (χ4v) is 2.64. The molecule has 0 aliphatic heterocycles. The van der Waals surface area contributed by atoms with Crippen LogP contribution in [0.1, 0.15) is 24.3 Å². The van der Waals surface area contributed by atoms with Gasteiger partial charge in [-0.1, -0.05) is 0 Å². The largest absolute Gasteiger partial charge is 0.480 e. The summed E-state index contributed by atoms with van der Waals surface area (Å²) in [7, 11) is 0. The Kier molecular flexibility index (Phi) is 5.26. The van der Waals surface area contributed by atoms with E-state index in [-0.39, 0.29) is 0 Å². The Bertz CT molecular complexity index is 517. The highest BCUT2D eigenvalue weighted by molar-refractivity contribution is 7.10. The minimum Gasteiger partial charge on any atom is -0.480 e. The van der Waals surface area contributed by atoms with E-state index in [0.29, 0.717) is 5.69 Å². The number of rotatable bonds is 5. The number of anilines is 1. The first kappa shape index (κ1) is 16.2. The Morgan fingerprint density at radius 3 is 2.40 bits per heavy atom. The first-order valence-corrected chi connectivity index (χ1v) is 6.86. The molecule has 110 valence electrons. The van der Waals surface area contributed by atoms with Crippen LogP contribution in [-0.4, -0.2) is 35.6 Å². The molecule has 1 heterocycles. The summed E-state index contributed by atoms with van der Waals surface area (Å²) < 4.78 is 4.67. The van der Waals surface area contributed by atoms with Crippen molar-refractivity contribution in [1.29, 1.82) is 0 Å². The molecule has 0 saturated carbocycles. The van der Waals surface area contributed by atoms with Crippen molar-refractivity contribution in [3.8, 4) is 0 Å². The predicted octanol–water partition coefficient (Wildman–Crippen LogP) is 1.73. The maximum absolute atomic E-state index is 12.2. The first-order chi connectivity index (χ1) is 9.25. The van der Waals surface area contributed by atoms with Crippen molar-refractivity contribution in [3.05, 3.63) is 15.8 Å². The zero-order chi connectivity index (χ0) is 15.4. The number of carboxylic acids is 1. The van der Waals surface area contributed by atoms with E-state index in [2.05, 4.69) is 4.74 Å². The zero-order valence-corrected chi connectivity index (χ0v) is 12.6.